The van der Waals surface area contributed by atoms with Crippen molar-refractivity contribution < 1.29 is 14.3 Å². The molecule has 6 nitrogen and oxygen atoms in total. The monoisotopic (exact) mass is 407 g/mol. The van der Waals surface area contributed by atoms with E-state index in [0.29, 0.717) is 24.3 Å². The number of likely N-dealkylation sites (N-methyl/N-ethyl adjacent to an activating group) is 1. The van der Waals surface area contributed by atoms with E-state index >= 15 is 0 Å². The van der Waals surface area contributed by atoms with E-state index in [1.807, 2.05) is 12.3 Å². The molecule has 0 aromatic heterocycles. The van der Waals surface area contributed by atoms with Gasteiger partial charge in [0.1, 0.15) is 11.8 Å². The summed E-state index contributed by atoms with van der Waals surface area (Å²) in [7, 11) is 5.69. The highest BCUT2D eigenvalue weighted by Crippen LogP contribution is 2.33. The Morgan fingerprint density at radius 2 is 1.93 bits per heavy atom. The van der Waals surface area contributed by atoms with Crippen molar-refractivity contribution in [1.29, 1.82) is 0 Å². The maximum absolute atomic E-state index is 12.9. The number of benzene rings is 1. The van der Waals surface area contributed by atoms with Crippen molar-refractivity contribution in [2.75, 3.05) is 39.8 Å². The minimum atomic E-state index is -0.564. The van der Waals surface area contributed by atoms with Crippen LogP contribution in [-0.4, -0.2) is 68.1 Å². The van der Waals surface area contributed by atoms with Crippen molar-refractivity contribution in [3.05, 3.63) is 29.8 Å². The van der Waals surface area contributed by atoms with E-state index in [-0.39, 0.29) is 17.4 Å². The van der Waals surface area contributed by atoms with Crippen molar-refractivity contribution in [3.8, 4) is 5.75 Å². The third-order valence-electron chi connectivity index (χ3n) is 5.66. The molecule has 1 fully saturated rings. The Hall–Kier alpha value is -1.73. The Kier molecular flexibility index (Phi) is 8.63. The highest BCUT2D eigenvalue weighted by molar-refractivity contribution is 7.98. The molecule has 7 heteroatoms. The summed E-state index contributed by atoms with van der Waals surface area (Å²) < 4.78 is 5.27. The number of nitrogens with zero attached hydrogens (tertiary/aromatic N) is 1. The number of hydrogen-bond acceptors (Lipinski definition) is 5. The predicted octanol–water partition coefficient (Wildman–Crippen LogP) is 2.54. The van der Waals surface area contributed by atoms with Gasteiger partial charge in [0.2, 0.25) is 5.91 Å². The Morgan fingerprint density at radius 3 is 2.54 bits per heavy atom. The summed E-state index contributed by atoms with van der Waals surface area (Å²) in [6, 6.07) is 6.49. The molecule has 2 rings (SSSR count). The number of rotatable bonds is 10. The third kappa shape index (κ3) is 5.64. The molecule has 1 aromatic rings. The van der Waals surface area contributed by atoms with E-state index in [1.54, 1.807) is 30.0 Å². The van der Waals surface area contributed by atoms with E-state index in [1.165, 1.54) is 20.0 Å². The number of methoxy groups -OCH3 is 1. The highest BCUT2D eigenvalue weighted by atomic mass is 32.2. The lowest BCUT2D eigenvalue weighted by atomic mass is 9.96. The van der Waals surface area contributed by atoms with Gasteiger partial charge < -0.3 is 20.3 Å². The second-order valence-electron chi connectivity index (χ2n) is 7.55. The second kappa shape index (κ2) is 10.7. The number of hydrogen-bond donors (Lipinski definition) is 2. The molecule has 0 saturated heterocycles. The van der Waals surface area contributed by atoms with Crippen LogP contribution in [-0.2, 0) is 4.79 Å². The molecule has 0 bridgehead atoms. The Bertz CT molecular complexity index is 660. The Labute approximate surface area is 172 Å². The molecule has 2 amide bonds. The van der Waals surface area contributed by atoms with Gasteiger partial charge in [-0.15, -0.1) is 0 Å². The summed E-state index contributed by atoms with van der Waals surface area (Å²) >= 11 is 1.66. The highest BCUT2D eigenvalue weighted by Gasteiger charge is 2.36. The summed E-state index contributed by atoms with van der Waals surface area (Å²) in [6.07, 6.45) is 7.13. The molecule has 1 aliphatic carbocycles. The maximum Gasteiger partial charge on any atom is 0.255 e. The zero-order valence-electron chi connectivity index (χ0n) is 17.4. The van der Waals surface area contributed by atoms with Crippen LogP contribution in [0.5, 0.6) is 5.75 Å². The van der Waals surface area contributed by atoms with Crippen LogP contribution in [0.3, 0.4) is 0 Å². The van der Waals surface area contributed by atoms with Crippen LogP contribution >= 0.6 is 11.8 Å². The summed E-state index contributed by atoms with van der Waals surface area (Å²) in [5.41, 5.74) is 0.458. The first-order valence-corrected chi connectivity index (χ1v) is 11.2. The smallest absolute Gasteiger partial charge is 0.255 e. The van der Waals surface area contributed by atoms with Gasteiger partial charge in [0.05, 0.1) is 12.7 Å². The van der Waals surface area contributed by atoms with E-state index < -0.39 is 6.04 Å². The van der Waals surface area contributed by atoms with Crippen LogP contribution < -0.4 is 15.4 Å². The topological polar surface area (TPSA) is 70.7 Å². The van der Waals surface area contributed by atoms with Gasteiger partial charge in [-0.05, 0) is 57.5 Å². The fourth-order valence-corrected chi connectivity index (χ4v) is 4.23. The molecule has 1 unspecified atom stereocenters. The molecule has 2 N–H and O–H groups in total. The van der Waals surface area contributed by atoms with Gasteiger partial charge in [-0.2, -0.15) is 11.8 Å². The zero-order chi connectivity index (χ0) is 20.6. The summed E-state index contributed by atoms with van der Waals surface area (Å²) in [5, 5.41) is 6.01. The SMILES string of the molecule is COc1ccccc1C(=O)NC(CCSC)C(=O)NCC1(N(C)C)CCCC1. The first-order valence-electron chi connectivity index (χ1n) is 9.81. The van der Waals surface area contributed by atoms with E-state index in [4.69, 9.17) is 4.74 Å². The average Bonchev–Trinajstić information content (AvgIpc) is 3.19. The standard InChI is InChI=1S/C21H33N3O3S/c1-24(2)21(12-7-8-13-21)15-22-20(26)17(11-14-28-4)23-19(25)16-9-5-6-10-18(16)27-3/h5-6,9-10,17H,7-8,11-15H2,1-4H3,(H,22,26)(H,23,25). The second-order valence-corrected chi connectivity index (χ2v) is 8.54. The molecule has 0 aliphatic heterocycles. The first kappa shape index (κ1) is 22.6. The van der Waals surface area contributed by atoms with Crippen LogP contribution in [0, 0.1) is 0 Å². The van der Waals surface area contributed by atoms with Crippen molar-refractivity contribution in [1.82, 2.24) is 15.5 Å². The molecule has 28 heavy (non-hydrogen) atoms. The van der Waals surface area contributed by atoms with E-state index in [9.17, 15) is 9.59 Å². The minimum absolute atomic E-state index is 0.0202. The van der Waals surface area contributed by atoms with Gasteiger partial charge in [0.25, 0.3) is 5.91 Å². The normalized spacial score (nSPS) is 16.6. The van der Waals surface area contributed by atoms with Crippen molar-refractivity contribution in [2.45, 2.75) is 43.7 Å². The van der Waals surface area contributed by atoms with Gasteiger partial charge in [-0.1, -0.05) is 25.0 Å². The largest absolute Gasteiger partial charge is 0.496 e. The number of nitrogens with one attached hydrogen (secondary N) is 2. The fourth-order valence-electron chi connectivity index (χ4n) is 3.76. The van der Waals surface area contributed by atoms with Crippen LogP contribution in [0.4, 0.5) is 0 Å². The van der Waals surface area contributed by atoms with Gasteiger partial charge in [-0.25, -0.2) is 0 Å². The lowest BCUT2D eigenvalue weighted by Crippen LogP contribution is -2.54. The van der Waals surface area contributed by atoms with Crippen LogP contribution in [0.1, 0.15) is 42.5 Å². The lowest BCUT2D eigenvalue weighted by Gasteiger charge is -2.37. The third-order valence-corrected chi connectivity index (χ3v) is 6.30. The van der Waals surface area contributed by atoms with Crippen LogP contribution in [0.15, 0.2) is 24.3 Å². The molecular weight excluding hydrogens is 374 g/mol. The first-order chi connectivity index (χ1) is 13.4. The lowest BCUT2D eigenvalue weighted by molar-refractivity contribution is -0.123. The maximum atomic E-state index is 12.9. The van der Waals surface area contributed by atoms with E-state index in [0.717, 1.165) is 18.6 Å². The van der Waals surface area contributed by atoms with Crippen molar-refractivity contribution in [2.24, 2.45) is 0 Å². The molecule has 1 saturated carbocycles. The van der Waals surface area contributed by atoms with Gasteiger partial charge >= 0.3 is 0 Å². The zero-order valence-corrected chi connectivity index (χ0v) is 18.2. The molecule has 0 heterocycles. The summed E-state index contributed by atoms with van der Waals surface area (Å²) in [4.78, 5) is 27.9. The fraction of sp³-hybridized carbons (Fsp3) is 0.619. The number of para-hydroxylation sites is 1. The molecule has 1 atom stereocenters. The molecule has 1 aliphatic rings. The molecule has 0 radical (unpaired) electrons. The van der Waals surface area contributed by atoms with E-state index in [2.05, 4.69) is 29.6 Å². The number of carbonyl (C=O) groups is 2. The van der Waals surface area contributed by atoms with Gasteiger partial charge in [-0.3, -0.25) is 9.59 Å². The van der Waals surface area contributed by atoms with Gasteiger partial charge in [0, 0.05) is 12.1 Å². The van der Waals surface area contributed by atoms with Gasteiger partial charge in [0.15, 0.2) is 0 Å². The van der Waals surface area contributed by atoms with Crippen molar-refractivity contribution >= 4 is 23.6 Å². The van der Waals surface area contributed by atoms with Crippen LogP contribution in [0.25, 0.3) is 0 Å². The molecule has 1 aromatic carbocycles. The minimum Gasteiger partial charge on any atom is -0.496 e. The molecular formula is C21H33N3O3S. The predicted molar refractivity (Wildman–Crippen MR) is 115 cm³/mol. The quantitative estimate of drug-likeness (QED) is 0.624. The summed E-state index contributed by atoms with van der Waals surface area (Å²) in [6.45, 7) is 0.610. The number of thioether (sulfide) groups is 1. The number of amides is 2. The number of carbonyl (C=O) groups excluding carboxylic acids is 2. The number of ether oxygens (including phenoxy) is 1. The van der Waals surface area contributed by atoms with Crippen molar-refractivity contribution in [3.63, 3.8) is 0 Å². The Morgan fingerprint density at radius 1 is 1.25 bits per heavy atom. The van der Waals surface area contributed by atoms with Crippen LogP contribution in [0.2, 0.25) is 0 Å². The molecule has 0 spiro atoms. The average molecular weight is 408 g/mol. The summed E-state index contributed by atoms with van der Waals surface area (Å²) in [5.74, 6) is 0.886. The molecule has 156 valence electrons. The Balaban J connectivity index is 2.05.